The van der Waals surface area contributed by atoms with Gasteiger partial charge in [-0.3, -0.25) is 4.79 Å². The Labute approximate surface area is 158 Å². The van der Waals surface area contributed by atoms with E-state index in [0.29, 0.717) is 10.6 Å². The summed E-state index contributed by atoms with van der Waals surface area (Å²) in [7, 11) is 0. The van der Waals surface area contributed by atoms with Gasteiger partial charge in [0, 0.05) is 17.1 Å². The molecule has 5 nitrogen and oxygen atoms in total. The monoisotopic (exact) mass is 388 g/mol. The van der Waals surface area contributed by atoms with E-state index in [2.05, 4.69) is 15.3 Å². The van der Waals surface area contributed by atoms with Gasteiger partial charge in [-0.25, -0.2) is 14.4 Å². The van der Waals surface area contributed by atoms with Gasteiger partial charge in [-0.15, -0.1) is 23.1 Å². The number of benzene rings is 1. The van der Waals surface area contributed by atoms with E-state index in [9.17, 15) is 9.18 Å². The number of carbonyl (C=O) groups excluding carboxylic acids is 1. The van der Waals surface area contributed by atoms with E-state index in [-0.39, 0.29) is 17.8 Å². The first-order chi connectivity index (χ1) is 12.7. The van der Waals surface area contributed by atoms with Crippen LogP contribution in [0.5, 0.6) is 0 Å². The third kappa shape index (κ3) is 3.14. The number of amides is 1. The fraction of sp³-hybridized carbons (Fsp3) is 0.278. The fourth-order valence-corrected chi connectivity index (χ4v) is 4.45. The molecule has 1 aliphatic rings. The molecule has 1 fully saturated rings. The zero-order chi connectivity index (χ0) is 18.1. The molecule has 1 saturated heterocycles. The molecule has 26 heavy (non-hydrogen) atoms. The molecular formula is C18H17FN4OS2. The van der Waals surface area contributed by atoms with Crippen molar-refractivity contribution in [2.45, 2.75) is 23.8 Å². The Bertz CT molecular complexity index is 961. The van der Waals surface area contributed by atoms with Crippen LogP contribution in [-0.4, -0.2) is 34.7 Å². The van der Waals surface area contributed by atoms with Gasteiger partial charge in [-0.05, 0) is 48.7 Å². The van der Waals surface area contributed by atoms with E-state index in [0.717, 1.165) is 35.4 Å². The van der Waals surface area contributed by atoms with Gasteiger partial charge in [0.25, 0.3) is 0 Å². The first-order valence-electron chi connectivity index (χ1n) is 8.26. The van der Waals surface area contributed by atoms with Crippen molar-refractivity contribution in [3.63, 3.8) is 0 Å². The van der Waals surface area contributed by atoms with Crippen molar-refractivity contribution < 1.29 is 9.18 Å². The predicted octanol–water partition coefficient (Wildman–Crippen LogP) is 4.16. The lowest BCUT2D eigenvalue weighted by Gasteiger charge is -2.25. The summed E-state index contributed by atoms with van der Waals surface area (Å²) < 4.78 is 14.0. The molecule has 1 amide bonds. The van der Waals surface area contributed by atoms with Crippen LogP contribution in [-0.2, 0) is 4.79 Å². The number of aromatic nitrogens is 2. The van der Waals surface area contributed by atoms with Crippen molar-refractivity contribution in [3.8, 4) is 0 Å². The number of nitrogens with one attached hydrogen (secondary N) is 1. The number of fused-ring (bicyclic) bond motifs is 1. The molecule has 1 N–H and O–H groups in total. The van der Waals surface area contributed by atoms with Gasteiger partial charge in [0.1, 0.15) is 28.8 Å². The molecule has 1 aromatic carbocycles. The number of hydrogen-bond acceptors (Lipinski definition) is 6. The second-order valence-electron chi connectivity index (χ2n) is 6.03. The third-order valence-electron chi connectivity index (χ3n) is 4.49. The van der Waals surface area contributed by atoms with Crippen LogP contribution in [0.4, 0.5) is 15.9 Å². The highest BCUT2D eigenvalue weighted by molar-refractivity contribution is 7.98. The smallest absolute Gasteiger partial charge is 0.247 e. The van der Waals surface area contributed by atoms with Gasteiger partial charge in [-0.2, -0.15) is 0 Å². The first-order valence-corrected chi connectivity index (χ1v) is 10.4. The molecule has 4 rings (SSSR count). The molecule has 0 radical (unpaired) electrons. The quantitative estimate of drug-likeness (QED) is 0.680. The molecule has 0 unspecified atom stereocenters. The molecule has 1 atom stereocenters. The number of nitrogens with zero attached hydrogens (tertiary/aromatic N) is 3. The van der Waals surface area contributed by atoms with Crippen molar-refractivity contribution in [1.29, 1.82) is 0 Å². The van der Waals surface area contributed by atoms with Gasteiger partial charge in [0.15, 0.2) is 0 Å². The molecule has 0 saturated carbocycles. The summed E-state index contributed by atoms with van der Waals surface area (Å²) in [5, 5.41) is 5.79. The fourth-order valence-electron chi connectivity index (χ4n) is 3.27. The predicted molar refractivity (Wildman–Crippen MR) is 105 cm³/mol. The Morgan fingerprint density at radius 3 is 3.08 bits per heavy atom. The molecule has 3 aromatic rings. The number of thioether (sulfide) groups is 1. The largest absolute Gasteiger partial charge is 0.344 e. The second-order valence-corrected chi connectivity index (χ2v) is 7.77. The highest BCUT2D eigenvalue weighted by Crippen LogP contribution is 2.32. The van der Waals surface area contributed by atoms with Crippen molar-refractivity contribution in [2.24, 2.45) is 0 Å². The van der Waals surface area contributed by atoms with Crippen LogP contribution < -0.4 is 10.2 Å². The van der Waals surface area contributed by atoms with Crippen molar-refractivity contribution in [1.82, 2.24) is 9.97 Å². The van der Waals surface area contributed by atoms with Crippen LogP contribution in [0.2, 0.25) is 0 Å². The topological polar surface area (TPSA) is 58.1 Å². The van der Waals surface area contributed by atoms with Gasteiger partial charge in [0.05, 0.1) is 5.39 Å². The lowest BCUT2D eigenvalue weighted by Crippen LogP contribution is -2.40. The first kappa shape index (κ1) is 17.2. The average Bonchev–Trinajstić information content (AvgIpc) is 3.31. The van der Waals surface area contributed by atoms with Crippen molar-refractivity contribution in [2.75, 3.05) is 23.0 Å². The highest BCUT2D eigenvalue weighted by atomic mass is 32.2. The lowest BCUT2D eigenvalue weighted by molar-refractivity contribution is -0.117. The summed E-state index contributed by atoms with van der Waals surface area (Å²) in [5.41, 5.74) is 0.473. The molecule has 3 heterocycles. The normalized spacial score (nSPS) is 17.0. The van der Waals surface area contributed by atoms with Gasteiger partial charge < -0.3 is 10.2 Å². The van der Waals surface area contributed by atoms with Crippen LogP contribution >= 0.6 is 23.1 Å². The summed E-state index contributed by atoms with van der Waals surface area (Å²) >= 11 is 2.89. The van der Waals surface area contributed by atoms with E-state index in [1.165, 1.54) is 24.2 Å². The zero-order valence-corrected chi connectivity index (χ0v) is 15.7. The summed E-state index contributed by atoms with van der Waals surface area (Å²) in [4.78, 5) is 25.0. The van der Waals surface area contributed by atoms with Gasteiger partial charge >= 0.3 is 0 Å². The Morgan fingerprint density at radius 1 is 1.38 bits per heavy atom. The molecule has 0 aliphatic carbocycles. The number of hydrogen-bond donors (Lipinski definition) is 1. The molecular weight excluding hydrogens is 371 g/mol. The highest BCUT2D eigenvalue weighted by Gasteiger charge is 2.33. The lowest BCUT2D eigenvalue weighted by atomic mass is 10.2. The molecule has 8 heteroatoms. The summed E-state index contributed by atoms with van der Waals surface area (Å²) in [6.07, 6.45) is 5.01. The Hall–Kier alpha value is -2.19. The number of halogens is 1. The number of thiophene rings is 1. The average molecular weight is 388 g/mol. The molecule has 0 spiro atoms. The maximum absolute atomic E-state index is 14.0. The Kier molecular flexibility index (Phi) is 4.78. The molecule has 1 aliphatic heterocycles. The van der Waals surface area contributed by atoms with Crippen molar-refractivity contribution >= 4 is 50.7 Å². The molecule has 0 bridgehead atoms. The van der Waals surface area contributed by atoms with Crippen LogP contribution in [0.15, 0.2) is 40.9 Å². The summed E-state index contributed by atoms with van der Waals surface area (Å²) in [6.45, 7) is 0.764. The minimum Gasteiger partial charge on any atom is -0.344 e. The van der Waals surface area contributed by atoms with Gasteiger partial charge in [-0.1, -0.05) is 0 Å². The Morgan fingerprint density at radius 2 is 2.27 bits per heavy atom. The molecule has 134 valence electrons. The number of anilines is 2. The third-order valence-corrected chi connectivity index (χ3v) is 6.08. The van der Waals surface area contributed by atoms with E-state index >= 15 is 0 Å². The minimum absolute atomic E-state index is 0.138. The van der Waals surface area contributed by atoms with E-state index in [1.54, 1.807) is 23.5 Å². The van der Waals surface area contributed by atoms with E-state index in [1.807, 2.05) is 22.6 Å². The standard InChI is InChI=1S/C18H17FN4OS2/c1-25-15-5-4-11(9-13(15)19)22-17(24)14-3-2-7-23(14)16-12-6-8-26-18(12)21-10-20-16/h4-6,8-10,14H,2-3,7H2,1H3,(H,22,24)/t14-/m0/s1. The SMILES string of the molecule is CSc1ccc(NC(=O)[C@@H]2CCCN2c2ncnc3sccc23)cc1F. The van der Waals surface area contributed by atoms with E-state index < -0.39 is 0 Å². The maximum atomic E-state index is 14.0. The Balaban J connectivity index is 1.57. The van der Waals surface area contributed by atoms with E-state index in [4.69, 9.17) is 0 Å². The summed E-state index contributed by atoms with van der Waals surface area (Å²) in [5.74, 6) is 0.327. The minimum atomic E-state index is -0.325. The zero-order valence-electron chi connectivity index (χ0n) is 14.1. The van der Waals surface area contributed by atoms with Crippen LogP contribution in [0.3, 0.4) is 0 Å². The number of carbonyl (C=O) groups is 1. The van der Waals surface area contributed by atoms with Crippen molar-refractivity contribution in [3.05, 3.63) is 41.8 Å². The summed E-state index contributed by atoms with van der Waals surface area (Å²) in [6, 6.07) is 6.44. The number of rotatable bonds is 4. The van der Waals surface area contributed by atoms with Gasteiger partial charge in [0.2, 0.25) is 5.91 Å². The maximum Gasteiger partial charge on any atom is 0.247 e. The van der Waals surface area contributed by atoms with Crippen LogP contribution in [0.25, 0.3) is 10.2 Å². The van der Waals surface area contributed by atoms with Crippen LogP contribution in [0, 0.1) is 5.82 Å². The second kappa shape index (κ2) is 7.20. The van der Waals surface area contributed by atoms with Crippen LogP contribution in [0.1, 0.15) is 12.8 Å². The molecule has 2 aromatic heterocycles.